The number of pyridine rings is 1. The molecule has 1 aromatic carbocycles. The van der Waals surface area contributed by atoms with E-state index in [1.165, 1.54) is 0 Å². The number of anilines is 1. The van der Waals surface area contributed by atoms with Crippen LogP contribution < -0.4 is 5.32 Å². The van der Waals surface area contributed by atoms with Crippen molar-refractivity contribution in [3.8, 4) is 11.1 Å². The quantitative estimate of drug-likeness (QED) is 0.393. The third kappa shape index (κ3) is 4.18. The van der Waals surface area contributed by atoms with E-state index in [4.69, 9.17) is 5.11 Å². The molecular weight excluding hydrogens is 430 g/mol. The Morgan fingerprint density at radius 2 is 2.04 bits per heavy atom. The van der Waals surface area contributed by atoms with Crippen molar-refractivity contribution in [1.29, 1.82) is 0 Å². The first kappa shape index (κ1) is 19.5. The van der Waals surface area contributed by atoms with Crippen molar-refractivity contribution < 1.29 is 15.0 Å². The third-order valence-corrected chi connectivity index (χ3v) is 5.49. The smallest absolute Gasteiger partial charge is 0.348 e. The number of hydrogen-bond donors (Lipinski definition) is 3. The lowest BCUT2D eigenvalue weighted by atomic mass is 10.0. The van der Waals surface area contributed by atoms with E-state index in [0.717, 1.165) is 38.0 Å². The molecule has 3 aromatic rings. The van der Waals surface area contributed by atoms with Gasteiger partial charge in [-0.05, 0) is 43.2 Å². The molecule has 0 spiro atoms. The van der Waals surface area contributed by atoms with Gasteiger partial charge in [0.1, 0.15) is 9.71 Å². The van der Waals surface area contributed by atoms with Gasteiger partial charge in [-0.3, -0.25) is 4.99 Å². The minimum absolute atomic E-state index is 0.0694. The van der Waals surface area contributed by atoms with Gasteiger partial charge >= 0.3 is 5.97 Å². The molecule has 0 atom stereocenters. The van der Waals surface area contributed by atoms with Gasteiger partial charge in [-0.25, -0.2) is 9.78 Å². The standard InChI is InChI=1S/C19H18BrN3O3S/c1-10-9-14(12-3-5-13(20)6-4-12)15-16(23-11(2)21-7-8-24)17(19(25)26)27-18(15)22-10/h3-6,9,24H,7-8H2,1-2H3,(H,21,23)(H,25,26). The summed E-state index contributed by atoms with van der Waals surface area (Å²) in [6.45, 7) is 3.81. The Bertz CT molecular complexity index is 1030. The van der Waals surface area contributed by atoms with Crippen molar-refractivity contribution in [2.75, 3.05) is 18.5 Å². The van der Waals surface area contributed by atoms with Gasteiger partial charge in [-0.15, -0.1) is 11.3 Å². The Labute approximate surface area is 168 Å². The fourth-order valence-corrected chi connectivity index (χ4v) is 4.09. The van der Waals surface area contributed by atoms with Crippen molar-refractivity contribution >= 4 is 55.0 Å². The summed E-state index contributed by atoms with van der Waals surface area (Å²) in [6, 6.07) is 9.81. The molecule has 0 unspecified atom stereocenters. The maximum atomic E-state index is 11.8. The molecule has 3 N–H and O–H groups in total. The zero-order valence-corrected chi connectivity index (χ0v) is 17.2. The number of rotatable bonds is 5. The number of nitrogens with one attached hydrogen (secondary N) is 1. The fourth-order valence-electron chi connectivity index (χ4n) is 2.79. The number of thiophene rings is 1. The number of nitrogens with zero attached hydrogens (tertiary/aromatic N) is 2. The van der Waals surface area contributed by atoms with E-state index < -0.39 is 5.97 Å². The van der Waals surface area contributed by atoms with E-state index in [2.05, 4.69) is 31.2 Å². The van der Waals surface area contributed by atoms with Crippen LogP contribution in [-0.2, 0) is 0 Å². The normalized spacial score (nSPS) is 11.8. The van der Waals surface area contributed by atoms with Crippen LogP contribution in [-0.4, -0.2) is 40.2 Å². The van der Waals surface area contributed by atoms with Crippen LogP contribution in [0.5, 0.6) is 0 Å². The second-order valence-corrected chi connectivity index (χ2v) is 7.84. The van der Waals surface area contributed by atoms with Gasteiger partial charge in [0, 0.05) is 15.6 Å². The van der Waals surface area contributed by atoms with E-state index >= 15 is 0 Å². The molecule has 3 rings (SSSR count). The number of aliphatic imine (C=N–C) groups is 1. The summed E-state index contributed by atoms with van der Waals surface area (Å²) in [4.78, 5) is 21.4. The van der Waals surface area contributed by atoms with Crippen LogP contribution >= 0.6 is 27.3 Å². The third-order valence-electron chi connectivity index (χ3n) is 3.89. The molecule has 0 aliphatic carbocycles. The maximum Gasteiger partial charge on any atom is 0.348 e. The fraction of sp³-hybridized carbons (Fsp3) is 0.211. The molecule has 8 heteroatoms. The van der Waals surface area contributed by atoms with Crippen LogP contribution in [0.3, 0.4) is 0 Å². The van der Waals surface area contributed by atoms with E-state index in [-0.39, 0.29) is 18.0 Å². The van der Waals surface area contributed by atoms with Crippen LogP contribution in [0.15, 0.2) is 39.8 Å². The summed E-state index contributed by atoms with van der Waals surface area (Å²) in [7, 11) is 0. The summed E-state index contributed by atoms with van der Waals surface area (Å²) in [5.41, 5.74) is 3.17. The van der Waals surface area contributed by atoms with E-state index in [1.807, 2.05) is 37.3 Å². The summed E-state index contributed by atoms with van der Waals surface area (Å²) in [6.07, 6.45) is 0. The minimum Gasteiger partial charge on any atom is -0.477 e. The van der Waals surface area contributed by atoms with E-state index in [1.54, 1.807) is 6.92 Å². The number of carboxylic acid groups (broad SMARTS) is 1. The lowest BCUT2D eigenvalue weighted by Gasteiger charge is -2.11. The number of aliphatic hydroxyl groups excluding tert-OH is 1. The zero-order chi connectivity index (χ0) is 19.6. The highest BCUT2D eigenvalue weighted by Crippen LogP contribution is 2.41. The number of aromatic nitrogens is 1. The predicted molar refractivity (Wildman–Crippen MR) is 113 cm³/mol. The van der Waals surface area contributed by atoms with E-state index in [9.17, 15) is 9.90 Å². The number of aliphatic hydroxyl groups is 1. The molecule has 0 aliphatic heterocycles. The number of fused-ring (bicyclic) bond motifs is 1. The summed E-state index contributed by atoms with van der Waals surface area (Å²) in [5, 5.41) is 22.5. The molecule has 6 nitrogen and oxygen atoms in total. The van der Waals surface area contributed by atoms with Crippen LogP contribution in [0.2, 0.25) is 0 Å². The number of halogens is 1. The van der Waals surface area contributed by atoms with Gasteiger partial charge in [-0.2, -0.15) is 0 Å². The molecule has 0 aliphatic rings. The highest BCUT2D eigenvalue weighted by Gasteiger charge is 2.22. The average Bonchev–Trinajstić information content (AvgIpc) is 2.98. The molecule has 0 fully saturated rings. The molecular formula is C19H18BrN3O3S. The number of benzene rings is 1. The monoisotopic (exact) mass is 447 g/mol. The van der Waals surface area contributed by atoms with Crippen molar-refractivity contribution in [2.45, 2.75) is 13.8 Å². The van der Waals surface area contributed by atoms with Crippen molar-refractivity contribution in [1.82, 2.24) is 4.98 Å². The molecule has 140 valence electrons. The number of amidine groups is 1. The van der Waals surface area contributed by atoms with Gasteiger partial charge < -0.3 is 15.5 Å². The first-order valence-electron chi connectivity index (χ1n) is 8.23. The molecule has 2 heterocycles. The molecule has 27 heavy (non-hydrogen) atoms. The Hall–Kier alpha value is -2.29. The van der Waals surface area contributed by atoms with Crippen molar-refractivity contribution in [3.63, 3.8) is 0 Å². The molecule has 0 saturated carbocycles. The van der Waals surface area contributed by atoms with Crippen molar-refractivity contribution in [3.05, 3.63) is 45.4 Å². The van der Waals surface area contributed by atoms with Gasteiger partial charge in [0.25, 0.3) is 0 Å². The van der Waals surface area contributed by atoms with Gasteiger partial charge in [0.2, 0.25) is 0 Å². The number of aryl methyl sites for hydroxylation is 1. The molecule has 0 saturated heterocycles. The average molecular weight is 448 g/mol. The molecule has 0 radical (unpaired) electrons. The lowest BCUT2D eigenvalue weighted by Crippen LogP contribution is -2.11. The maximum absolute atomic E-state index is 11.8. The topological polar surface area (TPSA) is 94.8 Å². The summed E-state index contributed by atoms with van der Waals surface area (Å²) < 4.78 is 0.968. The highest BCUT2D eigenvalue weighted by molar-refractivity contribution is 9.10. The second kappa shape index (κ2) is 8.16. The Morgan fingerprint density at radius 1 is 1.33 bits per heavy atom. The van der Waals surface area contributed by atoms with Gasteiger partial charge in [-0.1, -0.05) is 28.1 Å². The Kier molecular flexibility index (Phi) is 5.88. The largest absolute Gasteiger partial charge is 0.477 e. The SMILES string of the molecule is CC(=NCCO)Nc1c(C(=O)O)sc2nc(C)cc(-c3ccc(Br)cc3)c12. The Balaban J connectivity index is 2.26. The van der Waals surface area contributed by atoms with Crippen LogP contribution in [0, 0.1) is 6.92 Å². The van der Waals surface area contributed by atoms with Crippen LogP contribution in [0.4, 0.5) is 5.69 Å². The molecule has 0 bridgehead atoms. The summed E-state index contributed by atoms with van der Waals surface area (Å²) >= 11 is 4.58. The summed E-state index contributed by atoms with van der Waals surface area (Å²) in [5.74, 6) is -0.483. The van der Waals surface area contributed by atoms with Crippen molar-refractivity contribution in [2.24, 2.45) is 4.99 Å². The predicted octanol–water partition coefficient (Wildman–Crippen LogP) is 4.56. The number of carboxylic acids is 1. The number of hydrogen-bond acceptors (Lipinski definition) is 5. The van der Waals surface area contributed by atoms with E-state index in [0.29, 0.717) is 16.4 Å². The lowest BCUT2D eigenvalue weighted by molar-refractivity contribution is 0.0703. The van der Waals surface area contributed by atoms with Gasteiger partial charge in [0.15, 0.2) is 0 Å². The van der Waals surface area contributed by atoms with Crippen LogP contribution in [0.1, 0.15) is 22.3 Å². The zero-order valence-electron chi connectivity index (χ0n) is 14.8. The number of aromatic carboxylic acids is 1. The first-order valence-corrected chi connectivity index (χ1v) is 9.84. The Morgan fingerprint density at radius 3 is 2.67 bits per heavy atom. The second-order valence-electron chi connectivity index (χ2n) is 5.93. The molecule has 0 amide bonds. The first-order chi connectivity index (χ1) is 12.9. The highest BCUT2D eigenvalue weighted by atomic mass is 79.9. The molecule has 2 aromatic heterocycles. The van der Waals surface area contributed by atoms with Gasteiger partial charge in [0.05, 0.1) is 24.7 Å². The number of carbonyl (C=O) groups is 1. The minimum atomic E-state index is -1.02. The van der Waals surface area contributed by atoms with Crippen LogP contribution in [0.25, 0.3) is 21.3 Å².